The first-order chi connectivity index (χ1) is 18.0. The Bertz CT molecular complexity index is 1030. The lowest BCUT2D eigenvalue weighted by Gasteiger charge is -2.63. The van der Waals surface area contributed by atoms with Crippen molar-refractivity contribution in [3.05, 3.63) is 34.3 Å². The first kappa shape index (κ1) is 28.3. The van der Waals surface area contributed by atoms with E-state index in [0.29, 0.717) is 36.0 Å². The molecule has 4 N–H and O–H groups in total. The smallest absolute Gasteiger partial charge is 0.240 e. The maximum Gasteiger partial charge on any atom is 0.240 e. The summed E-state index contributed by atoms with van der Waals surface area (Å²) in [6.45, 7) is 6.86. The van der Waals surface area contributed by atoms with Gasteiger partial charge >= 0.3 is 0 Å². The van der Waals surface area contributed by atoms with Gasteiger partial charge < -0.3 is 15.3 Å². The Labute approximate surface area is 235 Å². The summed E-state index contributed by atoms with van der Waals surface area (Å²) >= 11 is 3.41. The predicted molar refractivity (Wildman–Crippen MR) is 152 cm³/mol. The molecule has 5 rings (SSSR count). The zero-order chi connectivity index (χ0) is 27.2. The van der Waals surface area contributed by atoms with Gasteiger partial charge in [-0.3, -0.25) is 4.79 Å². The molecule has 0 saturated heterocycles. The van der Waals surface area contributed by atoms with Gasteiger partial charge in [0.2, 0.25) is 5.91 Å². The highest BCUT2D eigenvalue weighted by atomic mass is 79.9. The number of amides is 1. The summed E-state index contributed by atoms with van der Waals surface area (Å²) in [6, 6.07) is 7.74. The second kappa shape index (κ2) is 10.9. The van der Waals surface area contributed by atoms with Crippen LogP contribution in [0.25, 0.3) is 0 Å². The quantitative estimate of drug-likeness (QED) is 0.268. The van der Waals surface area contributed by atoms with Gasteiger partial charge in [-0.25, -0.2) is 5.43 Å². The van der Waals surface area contributed by atoms with Gasteiger partial charge in [0.25, 0.3) is 0 Å². The van der Waals surface area contributed by atoms with E-state index in [0.717, 1.165) is 61.4 Å². The number of carbonyl (C=O) groups is 1. The number of aliphatic hydroxyl groups is 3. The number of hydrazone groups is 1. The largest absolute Gasteiger partial charge is 0.393 e. The van der Waals surface area contributed by atoms with Gasteiger partial charge in [-0.15, -0.1) is 0 Å². The first-order valence-corrected chi connectivity index (χ1v) is 15.4. The van der Waals surface area contributed by atoms with Gasteiger partial charge in [-0.2, -0.15) is 5.10 Å². The normalized spacial score (nSPS) is 43.2. The highest BCUT2D eigenvalue weighted by molar-refractivity contribution is 9.10. The Kier molecular flexibility index (Phi) is 8.14. The van der Waals surface area contributed by atoms with E-state index in [9.17, 15) is 20.1 Å². The molecule has 6 nitrogen and oxygen atoms in total. The molecule has 0 unspecified atom stereocenters. The van der Waals surface area contributed by atoms with Crippen LogP contribution >= 0.6 is 15.9 Å². The second-order valence-corrected chi connectivity index (χ2v) is 14.3. The van der Waals surface area contributed by atoms with Crippen molar-refractivity contribution in [2.45, 2.75) is 96.9 Å². The minimum atomic E-state index is -0.400. The summed E-state index contributed by atoms with van der Waals surface area (Å²) in [5.41, 5.74) is 3.43. The zero-order valence-corrected chi connectivity index (χ0v) is 24.6. The molecule has 0 spiro atoms. The van der Waals surface area contributed by atoms with Crippen LogP contribution in [0.3, 0.4) is 0 Å². The monoisotopic (exact) mass is 588 g/mol. The summed E-state index contributed by atoms with van der Waals surface area (Å²) in [4.78, 5) is 12.5. The Hall–Kier alpha value is -1.28. The van der Waals surface area contributed by atoms with Crippen molar-refractivity contribution in [3.63, 3.8) is 0 Å². The molecule has 11 atom stereocenters. The molecule has 0 bridgehead atoms. The number of carbonyl (C=O) groups excluding carboxylic acids is 1. The molecule has 4 aliphatic carbocycles. The van der Waals surface area contributed by atoms with Crippen LogP contribution in [0.4, 0.5) is 0 Å². The third kappa shape index (κ3) is 5.02. The van der Waals surface area contributed by atoms with Crippen molar-refractivity contribution >= 4 is 28.1 Å². The van der Waals surface area contributed by atoms with E-state index in [2.05, 4.69) is 47.2 Å². The number of hydrogen-bond acceptors (Lipinski definition) is 5. The molecule has 4 aliphatic rings. The fourth-order valence-electron chi connectivity index (χ4n) is 9.48. The Morgan fingerprint density at radius 3 is 2.58 bits per heavy atom. The molecule has 4 fully saturated rings. The van der Waals surface area contributed by atoms with Crippen LogP contribution in [-0.4, -0.2) is 45.8 Å². The van der Waals surface area contributed by atoms with Crippen LogP contribution in [0.2, 0.25) is 0 Å². The van der Waals surface area contributed by atoms with Crippen molar-refractivity contribution in [2.75, 3.05) is 0 Å². The van der Waals surface area contributed by atoms with E-state index in [-0.39, 0.29) is 34.9 Å². The van der Waals surface area contributed by atoms with Gasteiger partial charge in [-0.1, -0.05) is 48.8 Å². The van der Waals surface area contributed by atoms with Crippen LogP contribution in [-0.2, 0) is 4.79 Å². The van der Waals surface area contributed by atoms with Crippen molar-refractivity contribution in [3.8, 4) is 0 Å². The summed E-state index contributed by atoms with van der Waals surface area (Å²) < 4.78 is 0.999. The molecule has 38 heavy (non-hydrogen) atoms. The van der Waals surface area contributed by atoms with Crippen molar-refractivity contribution < 1.29 is 20.1 Å². The number of halogens is 1. The number of nitrogens with zero attached hydrogens (tertiary/aromatic N) is 1. The number of fused-ring (bicyclic) bond motifs is 5. The van der Waals surface area contributed by atoms with Gasteiger partial charge in [-0.05, 0) is 115 Å². The Morgan fingerprint density at radius 2 is 1.84 bits per heavy atom. The first-order valence-electron chi connectivity index (χ1n) is 14.7. The zero-order valence-electron chi connectivity index (χ0n) is 23.0. The van der Waals surface area contributed by atoms with Gasteiger partial charge in [0.05, 0.1) is 24.5 Å². The SMILES string of the molecule is C[C@H](CCC(=O)N/N=C/c1ccc(Br)cc1)[C@H]1CC[C@H]2[C@@H]3[C@H](O)C[C@@H]4C[C@H](O)CC[C@]4(C)[C@H]3C[C@H](O)[C@]12C. The summed E-state index contributed by atoms with van der Waals surface area (Å²) in [5.74, 6) is 1.69. The van der Waals surface area contributed by atoms with Crippen LogP contribution in [0.15, 0.2) is 33.8 Å². The van der Waals surface area contributed by atoms with Gasteiger partial charge in [0.1, 0.15) is 0 Å². The highest BCUT2D eigenvalue weighted by Gasteiger charge is 2.65. The summed E-state index contributed by atoms with van der Waals surface area (Å²) in [5, 5.41) is 37.6. The standard InChI is InChI=1S/C31H45BrN2O4/c1-18(4-11-28(38)34-33-17-19-5-7-21(32)8-6-19)23-9-10-24-29-25(16-27(37)31(23,24)3)30(2)13-12-22(35)14-20(30)15-26(29)36/h5-8,17-18,20,22-27,29,35-37H,4,9-16H2,1-3H3,(H,34,38)/b33-17+/t18-,20+,22-,23-,24+,25+,26-,27+,29+,30+,31-/m1/s1. The number of aliphatic hydroxyl groups excluding tert-OH is 3. The molecule has 0 aliphatic heterocycles. The number of rotatable bonds is 6. The second-order valence-electron chi connectivity index (χ2n) is 13.4. The van der Waals surface area contributed by atoms with Gasteiger partial charge in [0.15, 0.2) is 0 Å². The van der Waals surface area contributed by atoms with E-state index in [1.165, 1.54) is 0 Å². The molecule has 0 heterocycles. The molecule has 1 aromatic rings. The summed E-state index contributed by atoms with van der Waals surface area (Å²) in [6.07, 6.45) is 8.00. The maximum absolute atomic E-state index is 12.5. The Balaban J connectivity index is 1.22. The molecule has 0 aromatic heterocycles. The van der Waals surface area contributed by atoms with E-state index >= 15 is 0 Å². The molecule has 7 heteroatoms. The molecule has 210 valence electrons. The fraction of sp³-hybridized carbons (Fsp3) is 0.742. The van der Waals surface area contributed by atoms with Crippen molar-refractivity contribution in [2.24, 2.45) is 51.4 Å². The van der Waals surface area contributed by atoms with Crippen LogP contribution in [0, 0.1) is 46.3 Å². The lowest BCUT2D eigenvalue weighted by atomic mass is 9.43. The minimum absolute atomic E-state index is 0.0873. The lowest BCUT2D eigenvalue weighted by molar-refractivity contribution is -0.207. The molecule has 0 radical (unpaired) electrons. The average molecular weight is 590 g/mol. The van der Waals surface area contributed by atoms with Crippen LogP contribution < -0.4 is 5.43 Å². The van der Waals surface area contributed by atoms with Crippen molar-refractivity contribution in [1.82, 2.24) is 5.43 Å². The maximum atomic E-state index is 12.5. The van der Waals surface area contributed by atoms with Gasteiger partial charge in [0, 0.05) is 10.9 Å². The highest BCUT2D eigenvalue weighted by Crippen LogP contribution is 2.68. The molecular weight excluding hydrogens is 544 g/mol. The predicted octanol–water partition coefficient (Wildman–Crippen LogP) is 5.28. The van der Waals surface area contributed by atoms with Crippen LogP contribution in [0.1, 0.15) is 84.1 Å². The average Bonchev–Trinajstić information content (AvgIpc) is 3.24. The molecule has 4 saturated carbocycles. The lowest BCUT2D eigenvalue weighted by Crippen LogP contribution is -2.62. The molecular formula is C31H45BrN2O4. The summed E-state index contributed by atoms with van der Waals surface area (Å²) in [7, 11) is 0. The minimum Gasteiger partial charge on any atom is -0.393 e. The molecule has 1 aromatic carbocycles. The van der Waals surface area contributed by atoms with E-state index in [4.69, 9.17) is 0 Å². The fourth-order valence-corrected chi connectivity index (χ4v) is 9.74. The van der Waals surface area contributed by atoms with Crippen LogP contribution in [0.5, 0.6) is 0 Å². The van der Waals surface area contributed by atoms with E-state index in [1.807, 2.05) is 24.3 Å². The third-order valence-corrected chi connectivity index (χ3v) is 12.1. The van der Waals surface area contributed by atoms with Crippen molar-refractivity contribution in [1.29, 1.82) is 0 Å². The topological polar surface area (TPSA) is 102 Å². The number of nitrogens with one attached hydrogen (secondary N) is 1. The third-order valence-electron chi connectivity index (χ3n) is 11.6. The van der Waals surface area contributed by atoms with E-state index < -0.39 is 6.10 Å². The molecule has 1 amide bonds. The van der Waals surface area contributed by atoms with E-state index in [1.54, 1.807) is 6.21 Å². The number of benzene rings is 1. The number of hydrogen-bond donors (Lipinski definition) is 4. The Morgan fingerprint density at radius 1 is 1.11 bits per heavy atom.